The first-order valence-electron chi connectivity index (χ1n) is 7.92. The minimum absolute atomic E-state index is 0.149. The third-order valence-electron chi connectivity index (χ3n) is 3.98. The van der Waals surface area contributed by atoms with E-state index in [0.717, 1.165) is 0 Å². The number of para-hydroxylation sites is 1. The number of aliphatic hydroxyl groups excluding tert-OH is 1. The molecule has 0 saturated carbocycles. The number of nitrogens with zero attached hydrogens (tertiary/aromatic N) is 2. The zero-order valence-corrected chi connectivity index (χ0v) is 13.6. The predicted molar refractivity (Wildman–Crippen MR) is 91.1 cm³/mol. The molecule has 2 unspecified atom stereocenters. The molecule has 0 aliphatic rings. The van der Waals surface area contributed by atoms with E-state index in [1.807, 2.05) is 13.0 Å². The molecule has 3 N–H and O–H groups in total. The molecule has 0 radical (unpaired) electrons. The van der Waals surface area contributed by atoms with Crippen LogP contribution in [-0.4, -0.2) is 38.3 Å². The van der Waals surface area contributed by atoms with E-state index < -0.39 is 6.10 Å². The van der Waals surface area contributed by atoms with Crippen molar-refractivity contribution in [2.75, 3.05) is 6.54 Å². The Morgan fingerprint density at radius 3 is 2.88 bits per heavy atom. The van der Waals surface area contributed by atoms with Crippen molar-refractivity contribution in [3.8, 4) is 0 Å². The summed E-state index contributed by atoms with van der Waals surface area (Å²) in [6.07, 6.45) is 1.65. The number of amides is 1. The number of aromatic amines is 1. The molecule has 2 heterocycles. The number of nitrogens with one attached hydrogen (secondary N) is 2. The number of H-pyrrole nitrogens is 1. The van der Waals surface area contributed by atoms with Crippen LogP contribution in [0.15, 0.2) is 35.3 Å². The van der Waals surface area contributed by atoms with Crippen molar-refractivity contribution in [1.29, 1.82) is 0 Å². The molecule has 2 atom stereocenters. The molecule has 0 aliphatic heterocycles. The Kier molecular flexibility index (Phi) is 4.35. The Labute approximate surface area is 138 Å². The average Bonchev–Trinajstić information content (AvgIpc) is 2.96. The van der Waals surface area contributed by atoms with Gasteiger partial charge in [0.25, 0.3) is 11.5 Å². The molecule has 1 amide bonds. The van der Waals surface area contributed by atoms with Crippen LogP contribution >= 0.6 is 0 Å². The fourth-order valence-corrected chi connectivity index (χ4v) is 2.87. The summed E-state index contributed by atoms with van der Waals surface area (Å²) in [4.78, 5) is 27.3. The standard InChI is InChI=1S/C17H20N4O3/c1-10(7-11(2)22)8-18-16(23)13-9-19-21-14-6-4-3-5-12(14)17(24)20-15(13)21/h3-6,9-11,22H,7-8H2,1-2H3,(H,18,23)(H,20,24). The van der Waals surface area contributed by atoms with Gasteiger partial charge in [0.05, 0.1) is 23.2 Å². The molecule has 0 bridgehead atoms. The van der Waals surface area contributed by atoms with Gasteiger partial charge in [-0.05, 0) is 31.4 Å². The maximum atomic E-state index is 12.4. The lowest BCUT2D eigenvalue weighted by Gasteiger charge is -2.13. The van der Waals surface area contributed by atoms with Crippen molar-refractivity contribution in [1.82, 2.24) is 19.9 Å². The molecule has 7 heteroatoms. The number of carbonyl (C=O) groups is 1. The van der Waals surface area contributed by atoms with E-state index >= 15 is 0 Å². The van der Waals surface area contributed by atoms with E-state index in [-0.39, 0.29) is 17.4 Å². The summed E-state index contributed by atoms with van der Waals surface area (Å²) < 4.78 is 1.56. The number of carbonyl (C=O) groups excluding carboxylic acids is 1. The molecule has 0 fully saturated rings. The van der Waals surface area contributed by atoms with Crippen LogP contribution in [0.3, 0.4) is 0 Å². The van der Waals surface area contributed by atoms with Gasteiger partial charge in [-0.1, -0.05) is 19.1 Å². The van der Waals surface area contributed by atoms with Gasteiger partial charge in [-0.2, -0.15) is 5.10 Å². The maximum Gasteiger partial charge on any atom is 0.259 e. The van der Waals surface area contributed by atoms with E-state index in [1.54, 1.807) is 29.6 Å². The number of hydrogen-bond acceptors (Lipinski definition) is 4. The van der Waals surface area contributed by atoms with Gasteiger partial charge in [-0.3, -0.25) is 9.59 Å². The molecule has 0 saturated heterocycles. The molecule has 0 spiro atoms. The molecule has 3 rings (SSSR count). The maximum absolute atomic E-state index is 12.4. The van der Waals surface area contributed by atoms with E-state index in [4.69, 9.17) is 0 Å². The number of benzene rings is 1. The lowest BCUT2D eigenvalue weighted by atomic mass is 10.0. The van der Waals surface area contributed by atoms with Crippen molar-refractivity contribution in [2.24, 2.45) is 5.92 Å². The second-order valence-electron chi connectivity index (χ2n) is 6.19. The highest BCUT2D eigenvalue weighted by Gasteiger charge is 2.17. The Hall–Kier alpha value is -2.67. The fraction of sp³-hybridized carbons (Fsp3) is 0.353. The Balaban J connectivity index is 1.90. The first kappa shape index (κ1) is 16.2. The highest BCUT2D eigenvalue weighted by Crippen LogP contribution is 2.14. The molecular formula is C17H20N4O3. The summed E-state index contributed by atoms with van der Waals surface area (Å²) in [6, 6.07) is 7.11. The SMILES string of the molecule is CC(O)CC(C)CNC(=O)c1cnn2c1[nH]c(=O)c1ccccc12. The minimum Gasteiger partial charge on any atom is -0.393 e. The van der Waals surface area contributed by atoms with Crippen LogP contribution in [0, 0.1) is 5.92 Å². The zero-order valence-electron chi connectivity index (χ0n) is 13.6. The number of aliphatic hydroxyl groups is 1. The smallest absolute Gasteiger partial charge is 0.259 e. The highest BCUT2D eigenvalue weighted by atomic mass is 16.3. The van der Waals surface area contributed by atoms with Gasteiger partial charge < -0.3 is 15.4 Å². The third kappa shape index (κ3) is 3.03. The monoisotopic (exact) mass is 328 g/mol. The third-order valence-corrected chi connectivity index (χ3v) is 3.98. The van der Waals surface area contributed by atoms with Crippen molar-refractivity contribution in [3.63, 3.8) is 0 Å². The van der Waals surface area contributed by atoms with Gasteiger partial charge >= 0.3 is 0 Å². The van der Waals surface area contributed by atoms with Crippen molar-refractivity contribution in [2.45, 2.75) is 26.4 Å². The van der Waals surface area contributed by atoms with E-state index in [1.165, 1.54) is 6.20 Å². The van der Waals surface area contributed by atoms with E-state index in [2.05, 4.69) is 15.4 Å². The van der Waals surface area contributed by atoms with E-state index in [9.17, 15) is 14.7 Å². The summed E-state index contributed by atoms with van der Waals surface area (Å²) in [5.41, 5.74) is 1.09. The number of rotatable bonds is 5. The number of fused-ring (bicyclic) bond motifs is 3. The molecule has 2 aromatic heterocycles. The summed E-state index contributed by atoms with van der Waals surface area (Å²) >= 11 is 0. The predicted octanol–water partition coefficient (Wildman–Crippen LogP) is 1.31. The lowest BCUT2D eigenvalue weighted by Crippen LogP contribution is -2.29. The van der Waals surface area contributed by atoms with Crippen LogP contribution in [0.4, 0.5) is 0 Å². The molecular weight excluding hydrogens is 308 g/mol. The van der Waals surface area contributed by atoms with Gasteiger partial charge in [0.15, 0.2) is 0 Å². The van der Waals surface area contributed by atoms with Crippen LogP contribution in [0.1, 0.15) is 30.6 Å². The highest BCUT2D eigenvalue weighted by molar-refractivity contribution is 6.00. The molecule has 0 aliphatic carbocycles. The van der Waals surface area contributed by atoms with Gasteiger partial charge in [0.2, 0.25) is 0 Å². The average molecular weight is 328 g/mol. The fourth-order valence-electron chi connectivity index (χ4n) is 2.87. The molecule has 1 aromatic carbocycles. The largest absolute Gasteiger partial charge is 0.393 e. The minimum atomic E-state index is -0.406. The molecule has 3 aromatic rings. The summed E-state index contributed by atoms with van der Waals surface area (Å²) in [7, 11) is 0. The van der Waals surface area contributed by atoms with Crippen LogP contribution in [0.25, 0.3) is 16.6 Å². The Bertz CT molecular complexity index is 942. The van der Waals surface area contributed by atoms with E-state index in [0.29, 0.717) is 35.1 Å². The van der Waals surface area contributed by atoms with Gasteiger partial charge in [0, 0.05) is 6.54 Å². The molecule has 126 valence electrons. The van der Waals surface area contributed by atoms with Crippen molar-refractivity contribution in [3.05, 3.63) is 46.4 Å². The topological polar surface area (TPSA) is 99.5 Å². The van der Waals surface area contributed by atoms with Gasteiger partial charge in [-0.25, -0.2) is 4.52 Å². The lowest BCUT2D eigenvalue weighted by molar-refractivity contribution is 0.0941. The first-order chi connectivity index (χ1) is 11.5. The molecule has 24 heavy (non-hydrogen) atoms. The normalized spacial score (nSPS) is 14.0. The Morgan fingerprint density at radius 2 is 2.12 bits per heavy atom. The second-order valence-corrected chi connectivity index (χ2v) is 6.19. The zero-order chi connectivity index (χ0) is 17.3. The van der Waals surface area contributed by atoms with Crippen LogP contribution in [-0.2, 0) is 0 Å². The van der Waals surface area contributed by atoms with Gasteiger partial charge in [0.1, 0.15) is 11.2 Å². The van der Waals surface area contributed by atoms with Crippen LogP contribution in [0.2, 0.25) is 0 Å². The molecule has 7 nitrogen and oxygen atoms in total. The summed E-state index contributed by atoms with van der Waals surface area (Å²) in [6.45, 7) is 4.12. The summed E-state index contributed by atoms with van der Waals surface area (Å²) in [5, 5.41) is 17.0. The number of hydrogen-bond donors (Lipinski definition) is 3. The summed E-state index contributed by atoms with van der Waals surface area (Å²) in [5.74, 6) is -0.149. The number of aromatic nitrogens is 3. The van der Waals surface area contributed by atoms with Crippen LogP contribution < -0.4 is 10.9 Å². The van der Waals surface area contributed by atoms with Crippen LogP contribution in [0.5, 0.6) is 0 Å². The second kappa shape index (κ2) is 6.45. The van der Waals surface area contributed by atoms with Crippen molar-refractivity contribution >= 4 is 22.5 Å². The quantitative estimate of drug-likeness (QED) is 0.657. The van der Waals surface area contributed by atoms with Crippen molar-refractivity contribution < 1.29 is 9.90 Å². The first-order valence-corrected chi connectivity index (χ1v) is 7.92. The Morgan fingerprint density at radius 1 is 1.38 bits per heavy atom. The van der Waals surface area contributed by atoms with Gasteiger partial charge in [-0.15, -0.1) is 0 Å².